The monoisotopic (exact) mass is 695 g/mol. The molecule has 4 aliphatic carbocycles. The Labute approximate surface area is 308 Å². The van der Waals surface area contributed by atoms with E-state index in [4.69, 9.17) is 16.4 Å². The van der Waals surface area contributed by atoms with Gasteiger partial charge in [-0.05, 0) is 141 Å². The summed E-state index contributed by atoms with van der Waals surface area (Å²) >= 11 is 0. The molecule has 3 saturated carbocycles. The van der Waals surface area contributed by atoms with Crippen LogP contribution in [0.15, 0.2) is 71.8 Å². The molecule has 5 nitrogen and oxygen atoms in total. The summed E-state index contributed by atoms with van der Waals surface area (Å²) in [5, 5.41) is 21.3. The zero-order valence-electron chi connectivity index (χ0n) is 32.5. The van der Waals surface area contributed by atoms with Crippen molar-refractivity contribution in [2.24, 2.45) is 51.8 Å². The first-order valence-corrected chi connectivity index (χ1v) is 20.0. The highest BCUT2D eigenvalue weighted by Gasteiger charge is 2.61. The van der Waals surface area contributed by atoms with E-state index in [2.05, 4.69) is 60.6 Å². The van der Waals surface area contributed by atoms with Crippen LogP contribution in [0.2, 0.25) is 0 Å². The molecule has 0 bridgehead atoms. The van der Waals surface area contributed by atoms with Gasteiger partial charge in [0.2, 0.25) is 0 Å². The maximum Gasteiger partial charge on any atom is 0.115 e. The average molecular weight is 695 g/mol. The second-order valence-corrected chi connectivity index (χ2v) is 18.3. The number of nitrogens with two attached hydrogens (primary N) is 2. The van der Waals surface area contributed by atoms with Crippen LogP contribution in [0.5, 0.6) is 0 Å². The summed E-state index contributed by atoms with van der Waals surface area (Å²) in [6.45, 7) is 17.1. The number of benzene rings is 2. The van der Waals surface area contributed by atoms with E-state index < -0.39 is 12.2 Å². The van der Waals surface area contributed by atoms with E-state index in [-0.39, 0.29) is 16.7 Å². The average Bonchev–Trinajstić information content (AvgIpc) is 3.45. The molecule has 3 fully saturated rings. The van der Waals surface area contributed by atoms with Gasteiger partial charge in [0, 0.05) is 22.9 Å². The zero-order chi connectivity index (χ0) is 36.7. The normalized spacial score (nSPS) is 33.0. The highest BCUT2D eigenvalue weighted by molar-refractivity contribution is 5.59. The molecule has 0 aliphatic heterocycles. The fourth-order valence-electron chi connectivity index (χ4n) is 12.3. The summed E-state index contributed by atoms with van der Waals surface area (Å²) < 4.78 is 0. The maximum atomic E-state index is 11.0. The Morgan fingerprint density at radius 2 is 1.69 bits per heavy atom. The van der Waals surface area contributed by atoms with Gasteiger partial charge in [-0.25, -0.2) is 4.89 Å². The molecule has 0 aromatic heterocycles. The SMILES string of the molecule is CC(C)=CCCCC(C)C1CCC2C3CC=C4C(C)(C)C(C(C=Cc5ccc(C(O)c6ccc(N)cc6N)cc5)OO)CCC4(C)C3CCC12C. The van der Waals surface area contributed by atoms with Crippen molar-refractivity contribution in [3.05, 3.63) is 88.5 Å². The van der Waals surface area contributed by atoms with Crippen LogP contribution in [-0.4, -0.2) is 16.5 Å². The van der Waals surface area contributed by atoms with Crippen LogP contribution >= 0.6 is 0 Å². The van der Waals surface area contributed by atoms with E-state index in [1.165, 1.54) is 56.9 Å². The van der Waals surface area contributed by atoms with Crippen molar-refractivity contribution < 1.29 is 15.3 Å². The van der Waals surface area contributed by atoms with Gasteiger partial charge in [0.1, 0.15) is 12.2 Å². The van der Waals surface area contributed by atoms with Crippen LogP contribution in [0.4, 0.5) is 11.4 Å². The third-order valence-corrected chi connectivity index (χ3v) is 14.9. The fraction of sp³-hybridized carbons (Fsp3) is 0.609. The Balaban J connectivity index is 1.14. The van der Waals surface area contributed by atoms with Crippen LogP contribution in [0.25, 0.3) is 6.08 Å². The van der Waals surface area contributed by atoms with Crippen molar-refractivity contribution in [1.29, 1.82) is 0 Å². The molecule has 2 aromatic rings. The Morgan fingerprint density at radius 1 is 0.941 bits per heavy atom. The largest absolute Gasteiger partial charge is 0.399 e. The predicted molar refractivity (Wildman–Crippen MR) is 213 cm³/mol. The quantitative estimate of drug-likeness (QED) is 0.0616. The summed E-state index contributed by atoms with van der Waals surface area (Å²) in [6.07, 6.45) is 20.7. The van der Waals surface area contributed by atoms with Crippen molar-refractivity contribution in [3.63, 3.8) is 0 Å². The van der Waals surface area contributed by atoms with Crippen LogP contribution < -0.4 is 11.5 Å². The van der Waals surface area contributed by atoms with Gasteiger partial charge in [-0.3, -0.25) is 5.26 Å². The summed E-state index contributed by atoms with van der Waals surface area (Å²) in [4.78, 5) is 5.28. The summed E-state index contributed by atoms with van der Waals surface area (Å²) in [6, 6.07) is 13.0. The molecular formula is C46H66N2O3. The zero-order valence-corrected chi connectivity index (χ0v) is 32.5. The highest BCUT2D eigenvalue weighted by Crippen LogP contribution is 2.69. The second-order valence-electron chi connectivity index (χ2n) is 18.3. The molecule has 0 radical (unpaired) electrons. The van der Waals surface area contributed by atoms with Crippen molar-refractivity contribution in [2.45, 2.75) is 125 Å². The Morgan fingerprint density at radius 3 is 2.37 bits per heavy atom. The van der Waals surface area contributed by atoms with Gasteiger partial charge in [0.25, 0.3) is 0 Å². The van der Waals surface area contributed by atoms with E-state index >= 15 is 0 Å². The molecule has 6 rings (SSSR count). The predicted octanol–water partition coefficient (Wildman–Crippen LogP) is 11.4. The first kappa shape index (κ1) is 37.9. The van der Waals surface area contributed by atoms with Gasteiger partial charge in [-0.2, -0.15) is 0 Å². The van der Waals surface area contributed by atoms with E-state index in [1.807, 2.05) is 36.4 Å². The first-order valence-electron chi connectivity index (χ1n) is 20.0. The van der Waals surface area contributed by atoms with E-state index in [0.717, 1.165) is 53.6 Å². The van der Waals surface area contributed by atoms with Gasteiger partial charge < -0.3 is 16.6 Å². The number of nitrogen functional groups attached to an aromatic ring is 2. The van der Waals surface area contributed by atoms with Crippen molar-refractivity contribution in [3.8, 4) is 0 Å². The molecule has 10 atom stereocenters. The molecule has 5 heteroatoms. The summed E-state index contributed by atoms with van der Waals surface area (Å²) in [5.74, 6) is 4.20. The molecule has 0 saturated heterocycles. The Hall–Kier alpha value is -2.86. The van der Waals surface area contributed by atoms with Gasteiger partial charge >= 0.3 is 0 Å². The number of anilines is 2. The fourth-order valence-corrected chi connectivity index (χ4v) is 12.3. The minimum atomic E-state index is -0.836. The lowest BCUT2D eigenvalue weighted by Crippen LogP contribution is -2.54. The maximum absolute atomic E-state index is 11.0. The molecule has 2 aromatic carbocycles. The molecule has 0 spiro atoms. The van der Waals surface area contributed by atoms with Crippen LogP contribution in [-0.2, 0) is 4.89 Å². The number of fused-ring (bicyclic) bond motifs is 5. The molecule has 278 valence electrons. The molecular weight excluding hydrogens is 629 g/mol. The number of unbranched alkanes of at least 4 members (excludes halogenated alkanes) is 1. The number of aliphatic hydroxyl groups is 1. The Bertz CT molecular complexity index is 1620. The number of aliphatic hydroxyl groups excluding tert-OH is 1. The van der Waals surface area contributed by atoms with E-state index in [0.29, 0.717) is 22.4 Å². The second kappa shape index (κ2) is 14.9. The van der Waals surface area contributed by atoms with Crippen LogP contribution in [0.1, 0.15) is 135 Å². The summed E-state index contributed by atoms with van der Waals surface area (Å²) in [7, 11) is 0. The minimum absolute atomic E-state index is 0.0958. The van der Waals surface area contributed by atoms with Gasteiger partial charge in [-0.15, -0.1) is 0 Å². The molecule has 4 aliphatic rings. The van der Waals surface area contributed by atoms with Crippen LogP contribution in [0.3, 0.4) is 0 Å². The lowest BCUT2D eigenvalue weighted by atomic mass is 9.43. The van der Waals surface area contributed by atoms with E-state index in [1.54, 1.807) is 23.8 Å². The lowest BCUT2D eigenvalue weighted by molar-refractivity contribution is -0.285. The first-order chi connectivity index (χ1) is 24.2. The van der Waals surface area contributed by atoms with Gasteiger partial charge in [-0.1, -0.05) is 107 Å². The third-order valence-electron chi connectivity index (χ3n) is 14.9. The van der Waals surface area contributed by atoms with Crippen molar-refractivity contribution >= 4 is 17.5 Å². The number of rotatable bonds is 11. The lowest BCUT2D eigenvalue weighted by Gasteiger charge is -2.62. The standard InChI is InChI=1S/C46H66N2O3/c1-29(2)10-8-9-11-30(3)36-20-21-37-34-19-23-42-44(4,5)39(25-27-46(42,7)38(34)24-26-45(36,37)6)41(51-50)22-14-31-12-15-32(16-13-31)43(49)35-18-17-33(47)28-40(35)48/h10,12-18,22-23,28,30,34,36-39,41,43,49-50H,8-9,11,19-21,24-27,47-48H2,1-7H3. The van der Waals surface area contributed by atoms with Crippen molar-refractivity contribution in [1.82, 2.24) is 0 Å². The van der Waals surface area contributed by atoms with E-state index in [9.17, 15) is 10.4 Å². The third kappa shape index (κ3) is 7.12. The molecule has 0 heterocycles. The van der Waals surface area contributed by atoms with Gasteiger partial charge in [0.15, 0.2) is 0 Å². The van der Waals surface area contributed by atoms with Crippen LogP contribution in [0, 0.1) is 51.8 Å². The minimum Gasteiger partial charge on any atom is -0.399 e. The highest BCUT2D eigenvalue weighted by atomic mass is 17.1. The Kier molecular flexibility index (Phi) is 11.0. The molecule has 10 unspecified atom stereocenters. The smallest absolute Gasteiger partial charge is 0.115 e. The molecule has 51 heavy (non-hydrogen) atoms. The number of hydrogen-bond acceptors (Lipinski definition) is 5. The number of allylic oxidation sites excluding steroid dienone is 4. The molecule has 6 N–H and O–H groups in total. The van der Waals surface area contributed by atoms with Crippen molar-refractivity contribution in [2.75, 3.05) is 11.5 Å². The van der Waals surface area contributed by atoms with Gasteiger partial charge in [0.05, 0.1) is 0 Å². The topological polar surface area (TPSA) is 102 Å². The molecule has 0 amide bonds. The number of hydrogen-bond donors (Lipinski definition) is 4. The summed E-state index contributed by atoms with van der Waals surface area (Å²) in [5.41, 5.74) is 19.0.